The van der Waals surface area contributed by atoms with Crippen molar-refractivity contribution in [1.82, 2.24) is 5.32 Å². The summed E-state index contributed by atoms with van der Waals surface area (Å²) >= 11 is 12.6. The van der Waals surface area contributed by atoms with Gasteiger partial charge in [0, 0.05) is 12.2 Å². The van der Waals surface area contributed by atoms with Gasteiger partial charge in [0.25, 0.3) is 5.91 Å². The molecule has 10 heteroatoms. The van der Waals surface area contributed by atoms with Gasteiger partial charge >= 0.3 is 11.9 Å². The molecule has 0 atom stereocenters. The molecule has 3 aromatic rings. The van der Waals surface area contributed by atoms with Crippen LogP contribution in [0.5, 0.6) is 17.2 Å². The smallest absolute Gasteiger partial charge is 0.397 e. The van der Waals surface area contributed by atoms with Gasteiger partial charge in [-0.2, -0.15) is 0 Å². The molecule has 0 unspecified atom stereocenters. The number of benzene rings is 3. The minimum Gasteiger partial charge on any atom is -0.507 e. The lowest BCUT2D eigenvalue weighted by Crippen LogP contribution is -2.24. The van der Waals surface area contributed by atoms with Crippen LogP contribution in [0.4, 0.5) is 5.69 Å². The highest BCUT2D eigenvalue weighted by molar-refractivity contribution is 6.39. The first-order valence-electron chi connectivity index (χ1n) is 11.7. The summed E-state index contributed by atoms with van der Waals surface area (Å²) in [6.45, 7) is 8.28. The maximum Gasteiger partial charge on any atom is 0.397 e. The fraction of sp³-hybridized carbons (Fsp3) is 0.250. The van der Waals surface area contributed by atoms with Gasteiger partial charge in [0.15, 0.2) is 5.75 Å². The summed E-state index contributed by atoms with van der Waals surface area (Å²) in [6.07, 6.45) is 0. The summed E-state index contributed by atoms with van der Waals surface area (Å²) in [5.41, 5.74) is 2.27. The van der Waals surface area contributed by atoms with Crippen molar-refractivity contribution in [2.24, 2.45) is 0 Å². The van der Waals surface area contributed by atoms with E-state index in [1.165, 1.54) is 35.9 Å². The molecule has 0 bridgehead atoms. The molecule has 3 rings (SSSR count). The molecule has 3 N–H and O–H groups in total. The van der Waals surface area contributed by atoms with Crippen LogP contribution in [0.25, 0.3) is 0 Å². The number of rotatable bonds is 7. The van der Waals surface area contributed by atoms with Gasteiger partial charge in [-0.3, -0.25) is 9.59 Å². The zero-order valence-corrected chi connectivity index (χ0v) is 22.9. The van der Waals surface area contributed by atoms with Crippen LogP contribution in [-0.4, -0.2) is 29.5 Å². The van der Waals surface area contributed by atoms with Crippen molar-refractivity contribution in [2.75, 3.05) is 11.9 Å². The Morgan fingerprint density at radius 1 is 0.947 bits per heavy atom. The second-order valence-corrected chi connectivity index (χ2v) is 10.2. The average molecular weight is 559 g/mol. The van der Waals surface area contributed by atoms with Crippen LogP contribution in [0, 0.1) is 0 Å². The number of nitrogens with one attached hydrogen (secondary N) is 2. The number of hydrogen-bond acceptors (Lipinski definition) is 6. The van der Waals surface area contributed by atoms with E-state index in [-0.39, 0.29) is 57.1 Å². The summed E-state index contributed by atoms with van der Waals surface area (Å²) in [5.74, 6) is -2.51. The number of phenols is 1. The number of phenolic OH excluding ortho intramolecular Hbond substituents is 1. The summed E-state index contributed by atoms with van der Waals surface area (Å²) in [6, 6.07) is 14.8. The normalized spacial score (nSPS) is 11.0. The van der Waals surface area contributed by atoms with Crippen LogP contribution >= 0.6 is 23.2 Å². The highest BCUT2D eigenvalue weighted by atomic mass is 35.5. The predicted molar refractivity (Wildman–Crippen MR) is 146 cm³/mol. The number of anilines is 1. The van der Waals surface area contributed by atoms with Crippen LogP contribution < -0.4 is 15.4 Å². The zero-order chi connectivity index (χ0) is 28.0. The number of amides is 2. The largest absolute Gasteiger partial charge is 0.507 e. The fourth-order valence-corrected chi connectivity index (χ4v) is 3.95. The highest BCUT2D eigenvalue weighted by Crippen LogP contribution is 2.39. The van der Waals surface area contributed by atoms with Crippen molar-refractivity contribution in [3.63, 3.8) is 0 Å². The van der Waals surface area contributed by atoms with Crippen molar-refractivity contribution >= 4 is 46.7 Å². The Labute approximate surface area is 230 Å². The minimum absolute atomic E-state index is 0.000577. The lowest BCUT2D eigenvalue weighted by molar-refractivity contribution is -0.152. The van der Waals surface area contributed by atoms with Crippen LogP contribution in [-0.2, 0) is 26.3 Å². The number of hydrogen-bond donors (Lipinski definition) is 3. The van der Waals surface area contributed by atoms with E-state index in [2.05, 4.69) is 36.1 Å². The van der Waals surface area contributed by atoms with Crippen molar-refractivity contribution in [1.29, 1.82) is 0 Å². The third-order valence-electron chi connectivity index (χ3n) is 5.42. The molecule has 0 aliphatic rings. The van der Waals surface area contributed by atoms with Crippen molar-refractivity contribution < 1.29 is 29.0 Å². The van der Waals surface area contributed by atoms with Gasteiger partial charge in [-0.05, 0) is 53.8 Å². The first kappa shape index (κ1) is 28.8. The lowest BCUT2D eigenvalue weighted by Gasteiger charge is -2.19. The summed E-state index contributed by atoms with van der Waals surface area (Å²) < 4.78 is 10.4. The van der Waals surface area contributed by atoms with Crippen LogP contribution in [0.15, 0.2) is 54.6 Å². The average Bonchev–Trinajstić information content (AvgIpc) is 2.85. The standard InChI is InChI=1S/C28H28Cl2N2O6/c1-5-37-27(36)26(35)32-18-12-21(29)24(22(30)13-18)38-19-10-11-23(33)20(14-19)25(34)31-15-16-6-8-17(9-7-16)28(2,3)4/h6-14,33H,5,15H2,1-4H3,(H,31,34)(H,32,35). The van der Waals surface area contributed by atoms with E-state index in [4.69, 9.17) is 27.9 Å². The lowest BCUT2D eigenvalue weighted by atomic mass is 9.87. The van der Waals surface area contributed by atoms with E-state index in [0.29, 0.717) is 0 Å². The molecule has 0 aliphatic heterocycles. The Hall–Kier alpha value is -3.75. The number of halogens is 2. The Bertz CT molecular complexity index is 1330. The van der Waals surface area contributed by atoms with Crippen molar-refractivity contribution in [3.8, 4) is 17.2 Å². The Kier molecular flexibility index (Phi) is 9.25. The summed E-state index contributed by atoms with van der Waals surface area (Å²) in [7, 11) is 0. The Balaban J connectivity index is 1.71. The molecule has 0 aromatic heterocycles. The van der Waals surface area contributed by atoms with Crippen molar-refractivity contribution in [3.05, 3.63) is 81.3 Å². The maximum atomic E-state index is 12.8. The predicted octanol–water partition coefficient (Wildman–Crippen LogP) is 6.22. The second kappa shape index (κ2) is 12.2. The molecule has 38 heavy (non-hydrogen) atoms. The van der Waals surface area contributed by atoms with E-state index in [1.807, 2.05) is 24.3 Å². The molecular formula is C28H28Cl2N2O6. The van der Waals surface area contributed by atoms with Gasteiger partial charge < -0.3 is 25.2 Å². The summed E-state index contributed by atoms with van der Waals surface area (Å²) in [4.78, 5) is 36.2. The molecule has 8 nitrogen and oxygen atoms in total. The molecule has 0 saturated carbocycles. The van der Waals surface area contributed by atoms with Gasteiger partial charge in [-0.15, -0.1) is 0 Å². The van der Waals surface area contributed by atoms with Gasteiger partial charge in [-0.1, -0.05) is 68.2 Å². The van der Waals surface area contributed by atoms with Gasteiger partial charge in [0.05, 0.1) is 22.2 Å². The molecule has 0 fully saturated rings. The van der Waals surface area contributed by atoms with E-state index in [1.54, 1.807) is 6.92 Å². The number of carbonyl (C=O) groups excluding carboxylic acids is 3. The third-order valence-corrected chi connectivity index (χ3v) is 5.98. The Morgan fingerprint density at radius 3 is 2.16 bits per heavy atom. The molecule has 200 valence electrons. The molecule has 0 heterocycles. The third kappa shape index (κ3) is 7.40. The van der Waals surface area contributed by atoms with Crippen LogP contribution in [0.1, 0.15) is 49.2 Å². The Morgan fingerprint density at radius 2 is 1.58 bits per heavy atom. The maximum absolute atomic E-state index is 12.8. The van der Waals surface area contributed by atoms with Gasteiger partial charge in [0.2, 0.25) is 0 Å². The molecule has 2 amide bonds. The first-order chi connectivity index (χ1) is 17.9. The molecule has 0 radical (unpaired) electrons. The highest BCUT2D eigenvalue weighted by Gasteiger charge is 2.19. The number of aromatic hydroxyl groups is 1. The first-order valence-corrected chi connectivity index (χ1v) is 12.5. The topological polar surface area (TPSA) is 114 Å². The molecule has 3 aromatic carbocycles. The molecule has 0 spiro atoms. The number of ether oxygens (including phenoxy) is 2. The van der Waals surface area contributed by atoms with E-state index in [0.717, 1.165) is 5.56 Å². The monoisotopic (exact) mass is 558 g/mol. The SMILES string of the molecule is CCOC(=O)C(=O)Nc1cc(Cl)c(Oc2ccc(O)c(C(=O)NCc3ccc(C(C)(C)C)cc3)c2)c(Cl)c1. The summed E-state index contributed by atoms with van der Waals surface area (Å²) in [5, 5.41) is 15.5. The van der Waals surface area contributed by atoms with E-state index < -0.39 is 17.8 Å². The van der Waals surface area contributed by atoms with Gasteiger partial charge in [0.1, 0.15) is 11.5 Å². The second-order valence-electron chi connectivity index (χ2n) is 9.35. The number of carbonyl (C=O) groups is 3. The van der Waals surface area contributed by atoms with Gasteiger partial charge in [-0.25, -0.2) is 4.79 Å². The fourth-order valence-electron chi connectivity index (χ4n) is 3.39. The molecule has 0 aliphatic carbocycles. The minimum atomic E-state index is -1.04. The number of esters is 1. The van der Waals surface area contributed by atoms with Crippen molar-refractivity contribution in [2.45, 2.75) is 39.7 Å². The van der Waals surface area contributed by atoms with E-state index in [9.17, 15) is 19.5 Å². The van der Waals surface area contributed by atoms with Crippen LogP contribution in [0.2, 0.25) is 10.0 Å². The zero-order valence-electron chi connectivity index (χ0n) is 21.4. The molecule has 0 saturated heterocycles. The quantitative estimate of drug-likeness (QED) is 0.234. The molecular weight excluding hydrogens is 531 g/mol. The van der Waals surface area contributed by atoms with E-state index >= 15 is 0 Å². The van der Waals surface area contributed by atoms with Crippen LogP contribution in [0.3, 0.4) is 0 Å².